The second-order valence-corrected chi connectivity index (χ2v) is 3.90. The van der Waals surface area contributed by atoms with Crippen molar-refractivity contribution in [2.45, 2.75) is 18.4 Å². The van der Waals surface area contributed by atoms with Gasteiger partial charge >= 0.3 is 0 Å². The van der Waals surface area contributed by atoms with Crippen molar-refractivity contribution in [3.8, 4) is 0 Å². The van der Waals surface area contributed by atoms with Gasteiger partial charge in [-0.25, -0.2) is 0 Å². The number of fused-ring (bicyclic) bond motifs is 1. The fourth-order valence-electron chi connectivity index (χ4n) is 1.89. The number of hydrogen-bond donors (Lipinski definition) is 2. The van der Waals surface area contributed by atoms with E-state index in [1.807, 2.05) is 6.07 Å². The van der Waals surface area contributed by atoms with E-state index in [1.54, 1.807) is 0 Å². The van der Waals surface area contributed by atoms with Gasteiger partial charge in [-0.3, -0.25) is 0 Å². The molecule has 1 aliphatic carbocycles. The van der Waals surface area contributed by atoms with Gasteiger partial charge in [-0.15, -0.1) is 0 Å². The maximum Gasteiger partial charge on any atom is 0.0457 e. The Balaban J connectivity index is 2.30. The van der Waals surface area contributed by atoms with Crippen molar-refractivity contribution >= 4 is 10.9 Å². The first kappa shape index (κ1) is 7.15. The molecule has 1 aliphatic rings. The van der Waals surface area contributed by atoms with Gasteiger partial charge in [0.15, 0.2) is 0 Å². The Morgan fingerprint density at radius 3 is 2.77 bits per heavy atom. The molecule has 0 spiro atoms. The highest BCUT2D eigenvalue weighted by molar-refractivity contribution is 5.84. The van der Waals surface area contributed by atoms with Gasteiger partial charge in [0.1, 0.15) is 0 Å². The minimum absolute atomic E-state index is 0.0282. The highest BCUT2D eigenvalue weighted by Gasteiger charge is 2.41. The molecule has 1 aromatic carbocycles. The standard InChI is InChI=1S/C11H12N2/c12-11(5-6-11)9-7-13-10-4-2-1-3-8(9)10/h1-4,7,13H,5-6,12H2. The van der Waals surface area contributed by atoms with Crippen molar-refractivity contribution in [2.24, 2.45) is 5.73 Å². The molecule has 1 fully saturated rings. The van der Waals surface area contributed by atoms with Crippen LogP contribution < -0.4 is 5.73 Å². The molecule has 0 amide bonds. The van der Waals surface area contributed by atoms with Crippen LogP contribution in [0.15, 0.2) is 30.5 Å². The smallest absolute Gasteiger partial charge is 0.0457 e. The molecular formula is C11H12N2. The summed E-state index contributed by atoms with van der Waals surface area (Å²) in [4.78, 5) is 3.25. The highest BCUT2D eigenvalue weighted by Crippen LogP contribution is 2.45. The Kier molecular flexibility index (Phi) is 1.18. The Morgan fingerprint density at radius 1 is 1.23 bits per heavy atom. The normalized spacial score (nSPS) is 19.2. The summed E-state index contributed by atoms with van der Waals surface area (Å²) in [5, 5.41) is 1.28. The lowest BCUT2D eigenvalue weighted by Crippen LogP contribution is -2.17. The molecule has 2 nitrogen and oxygen atoms in total. The van der Waals surface area contributed by atoms with Gasteiger partial charge in [0.25, 0.3) is 0 Å². The lowest BCUT2D eigenvalue weighted by Gasteiger charge is -2.05. The van der Waals surface area contributed by atoms with Crippen LogP contribution in [0, 0.1) is 0 Å². The zero-order chi connectivity index (χ0) is 8.89. The van der Waals surface area contributed by atoms with E-state index in [-0.39, 0.29) is 5.54 Å². The Morgan fingerprint density at radius 2 is 2.00 bits per heavy atom. The number of aromatic amines is 1. The van der Waals surface area contributed by atoms with E-state index in [0.717, 1.165) is 12.8 Å². The van der Waals surface area contributed by atoms with Crippen LogP contribution in [0.2, 0.25) is 0 Å². The largest absolute Gasteiger partial charge is 0.361 e. The summed E-state index contributed by atoms with van der Waals surface area (Å²) in [6, 6.07) is 8.32. The first-order valence-corrected chi connectivity index (χ1v) is 4.65. The molecule has 1 saturated carbocycles. The summed E-state index contributed by atoms with van der Waals surface area (Å²) >= 11 is 0. The highest BCUT2D eigenvalue weighted by atomic mass is 14.8. The summed E-state index contributed by atoms with van der Waals surface area (Å²) < 4.78 is 0. The topological polar surface area (TPSA) is 41.8 Å². The first-order valence-electron chi connectivity index (χ1n) is 4.65. The number of aromatic nitrogens is 1. The van der Waals surface area contributed by atoms with Crippen molar-refractivity contribution in [3.63, 3.8) is 0 Å². The van der Waals surface area contributed by atoms with E-state index in [4.69, 9.17) is 5.73 Å². The molecule has 3 N–H and O–H groups in total. The van der Waals surface area contributed by atoms with Crippen LogP contribution in [0.1, 0.15) is 18.4 Å². The van der Waals surface area contributed by atoms with Crippen LogP contribution >= 0.6 is 0 Å². The second kappa shape index (κ2) is 2.15. The van der Waals surface area contributed by atoms with Crippen LogP contribution in [0.4, 0.5) is 0 Å². The lowest BCUT2D eigenvalue weighted by atomic mass is 10.1. The quantitative estimate of drug-likeness (QED) is 0.679. The van der Waals surface area contributed by atoms with Crippen LogP contribution in [-0.4, -0.2) is 4.98 Å². The van der Waals surface area contributed by atoms with E-state index in [1.165, 1.54) is 16.5 Å². The Labute approximate surface area is 76.8 Å². The van der Waals surface area contributed by atoms with Crippen molar-refractivity contribution in [1.29, 1.82) is 0 Å². The summed E-state index contributed by atoms with van der Waals surface area (Å²) in [5.41, 5.74) is 8.60. The van der Waals surface area contributed by atoms with Crippen LogP contribution in [0.3, 0.4) is 0 Å². The monoisotopic (exact) mass is 172 g/mol. The molecule has 2 aromatic rings. The molecule has 0 saturated heterocycles. The molecule has 3 rings (SSSR count). The number of nitrogens with one attached hydrogen (secondary N) is 1. The van der Waals surface area contributed by atoms with Gasteiger partial charge in [0.05, 0.1) is 0 Å². The molecule has 0 atom stereocenters. The van der Waals surface area contributed by atoms with E-state index in [9.17, 15) is 0 Å². The van der Waals surface area contributed by atoms with E-state index < -0.39 is 0 Å². The zero-order valence-corrected chi connectivity index (χ0v) is 7.38. The summed E-state index contributed by atoms with van der Waals surface area (Å²) in [5.74, 6) is 0. The number of H-pyrrole nitrogens is 1. The molecular weight excluding hydrogens is 160 g/mol. The van der Waals surface area contributed by atoms with Crippen LogP contribution in [-0.2, 0) is 5.54 Å². The predicted octanol–water partition coefficient (Wildman–Crippen LogP) is 2.12. The summed E-state index contributed by atoms with van der Waals surface area (Å²) in [6.07, 6.45) is 4.29. The van der Waals surface area contributed by atoms with Crippen molar-refractivity contribution in [1.82, 2.24) is 4.98 Å². The summed E-state index contributed by atoms with van der Waals surface area (Å²) in [6.45, 7) is 0. The van der Waals surface area contributed by atoms with Gasteiger partial charge in [-0.1, -0.05) is 18.2 Å². The van der Waals surface area contributed by atoms with Gasteiger partial charge < -0.3 is 10.7 Å². The number of rotatable bonds is 1. The molecule has 2 heteroatoms. The Bertz CT molecular complexity index is 452. The van der Waals surface area contributed by atoms with Crippen molar-refractivity contribution in [2.75, 3.05) is 0 Å². The third-order valence-electron chi connectivity index (χ3n) is 2.91. The maximum absolute atomic E-state index is 6.16. The third kappa shape index (κ3) is 0.923. The SMILES string of the molecule is NC1(c2c[nH]c3ccccc23)CC1. The molecule has 1 heterocycles. The fraction of sp³-hybridized carbons (Fsp3) is 0.273. The molecule has 0 unspecified atom stereocenters. The van der Waals surface area contributed by atoms with Gasteiger partial charge in [-0.05, 0) is 24.5 Å². The average molecular weight is 172 g/mol. The van der Waals surface area contributed by atoms with E-state index in [0.29, 0.717) is 0 Å². The second-order valence-electron chi connectivity index (χ2n) is 3.90. The third-order valence-corrected chi connectivity index (χ3v) is 2.91. The van der Waals surface area contributed by atoms with Crippen LogP contribution in [0.5, 0.6) is 0 Å². The van der Waals surface area contributed by atoms with E-state index >= 15 is 0 Å². The minimum atomic E-state index is -0.0282. The number of nitrogens with two attached hydrogens (primary N) is 1. The average Bonchev–Trinajstić information content (AvgIpc) is 2.76. The predicted molar refractivity (Wildman–Crippen MR) is 53.4 cm³/mol. The molecule has 66 valence electrons. The fourth-order valence-corrected chi connectivity index (χ4v) is 1.89. The number of benzene rings is 1. The van der Waals surface area contributed by atoms with E-state index in [2.05, 4.69) is 29.4 Å². The van der Waals surface area contributed by atoms with Gasteiger partial charge in [-0.2, -0.15) is 0 Å². The molecule has 13 heavy (non-hydrogen) atoms. The van der Waals surface area contributed by atoms with Gasteiger partial charge in [0, 0.05) is 22.6 Å². The van der Waals surface area contributed by atoms with Crippen molar-refractivity contribution in [3.05, 3.63) is 36.0 Å². The number of para-hydroxylation sites is 1. The summed E-state index contributed by atoms with van der Waals surface area (Å²) in [7, 11) is 0. The molecule has 0 aliphatic heterocycles. The first-order chi connectivity index (χ1) is 6.30. The minimum Gasteiger partial charge on any atom is -0.361 e. The zero-order valence-electron chi connectivity index (χ0n) is 7.38. The maximum atomic E-state index is 6.16. The van der Waals surface area contributed by atoms with Crippen molar-refractivity contribution < 1.29 is 0 Å². The Hall–Kier alpha value is -1.28. The van der Waals surface area contributed by atoms with Gasteiger partial charge in [0.2, 0.25) is 0 Å². The molecule has 1 aromatic heterocycles. The molecule has 0 bridgehead atoms. The molecule has 0 radical (unpaired) electrons. The number of hydrogen-bond acceptors (Lipinski definition) is 1. The van der Waals surface area contributed by atoms with Crippen LogP contribution in [0.25, 0.3) is 10.9 Å². The lowest BCUT2D eigenvalue weighted by molar-refractivity contribution is 0.747.